The van der Waals surface area contributed by atoms with Gasteiger partial charge >= 0.3 is 0 Å². The number of hydrogen-bond donors (Lipinski definition) is 1. The lowest BCUT2D eigenvalue weighted by molar-refractivity contribution is -0.385. The van der Waals surface area contributed by atoms with Crippen molar-refractivity contribution in [2.24, 2.45) is 0 Å². The van der Waals surface area contributed by atoms with Crippen molar-refractivity contribution in [2.45, 2.75) is 50.7 Å². The molecule has 1 N–H and O–H groups in total. The lowest BCUT2D eigenvalue weighted by Crippen LogP contribution is -2.48. The fourth-order valence-electron chi connectivity index (χ4n) is 3.54. The van der Waals surface area contributed by atoms with Crippen LogP contribution in [0.3, 0.4) is 0 Å². The van der Waals surface area contributed by atoms with Crippen LogP contribution in [-0.2, 0) is 0 Å². The third-order valence-corrected chi connectivity index (χ3v) is 4.83. The van der Waals surface area contributed by atoms with Crippen LogP contribution in [0, 0.1) is 17.0 Å². The third-order valence-electron chi connectivity index (χ3n) is 4.83. The first-order chi connectivity index (χ1) is 10.5. The summed E-state index contributed by atoms with van der Waals surface area (Å²) in [4.78, 5) is 28.8. The van der Waals surface area contributed by atoms with Crippen LogP contribution < -0.4 is 5.32 Å². The summed E-state index contributed by atoms with van der Waals surface area (Å²) in [6.07, 6.45) is 5.42. The quantitative estimate of drug-likeness (QED) is 0.677. The predicted molar refractivity (Wildman–Crippen MR) is 80.7 cm³/mol. The average molecular weight is 304 g/mol. The fourth-order valence-corrected chi connectivity index (χ4v) is 3.54. The van der Waals surface area contributed by atoms with E-state index in [0.717, 1.165) is 12.8 Å². The molecule has 2 atom stereocenters. The van der Waals surface area contributed by atoms with E-state index >= 15 is 0 Å². The van der Waals surface area contributed by atoms with Gasteiger partial charge in [-0.15, -0.1) is 0 Å². The minimum Gasteiger partial charge on any atom is -0.339 e. The Bertz CT molecular complexity index is 607. The van der Waals surface area contributed by atoms with Crippen LogP contribution in [0.25, 0.3) is 0 Å². The summed E-state index contributed by atoms with van der Waals surface area (Å²) in [5.41, 5.74) is 0.703. The van der Waals surface area contributed by atoms with Crippen LogP contribution >= 0.6 is 0 Å². The van der Waals surface area contributed by atoms with Gasteiger partial charge in [0.25, 0.3) is 11.6 Å². The van der Waals surface area contributed by atoms with Gasteiger partial charge in [0.1, 0.15) is 6.20 Å². The van der Waals surface area contributed by atoms with E-state index in [1.165, 1.54) is 25.1 Å². The van der Waals surface area contributed by atoms with Crippen LogP contribution in [-0.4, -0.2) is 45.9 Å². The van der Waals surface area contributed by atoms with E-state index in [0.29, 0.717) is 23.3 Å². The highest BCUT2D eigenvalue weighted by Crippen LogP contribution is 2.30. The zero-order chi connectivity index (χ0) is 15.9. The molecule has 2 aliphatic rings. The molecular weight excluding hydrogens is 284 g/mol. The Morgan fingerprint density at radius 3 is 2.64 bits per heavy atom. The van der Waals surface area contributed by atoms with Crippen molar-refractivity contribution in [3.8, 4) is 0 Å². The second-order valence-corrected chi connectivity index (χ2v) is 6.26. The van der Waals surface area contributed by atoms with Gasteiger partial charge in [0.2, 0.25) is 0 Å². The Morgan fingerprint density at radius 1 is 1.41 bits per heavy atom. The Kier molecular flexibility index (Phi) is 3.82. The van der Waals surface area contributed by atoms with Crippen LogP contribution in [0.4, 0.5) is 5.69 Å². The largest absolute Gasteiger partial charge is 0.339 e. The zero-order valence-electron chi connectivity index (χ0n) is 12.8. The molecule has 1 aromatic rings. The number of hydrogen-bond acceptors (Lipinski definition) is 5. The molecule has 0 aliphatic carbocycles. The third kappa shape index (κ3) is 2.68. The molecule has 1 aromatic heterocycles. The number of fused-ring (bicyclic) bond motifs is 2. The van der Waals surface area contributed by atoms with E-state index in [4.69, 9.17) is 0 Å². The maximum absolute atomic E-state index is 12.7. The fraction of sp³-hybridized carbons (Fsp3) is 0.600. The molecule has 2 bridgehead atoms. The second-order valence-electron chi connectivity index (χ2n) is 6.26. The minimum absolute atomic E-state index is 0.146. The van der Waals surface area contributed by atoms with E-state index in [2.05, 4.69) is 10.3 Å². The molecule has 7 nitrogen and oxygen atoms in total. The maximum Gasteiger partial charge on any atom is 0.288 e. The number of piperidine rings is 1. The van der Waals surface area contributed by atoms with Gasteiger partial charge in [-0.2, -0.15) is 0 Å². The summed E-state index contributed by atoms with van der Waals surface area (Å²) in [6.45, 7) is 1.71. The number of carbonyl (C=O) groups excluding carboxylic acids is 1. The van der Waals surface area contributed by atoms with Gasteiger partial charge in [0, 0.05) is 31.2 Å². The highest BCUT2D eigenvalue weighted by Gasteiger charge is 2.37. The van der Waals surface area contributed by atoms with Crippen molar-refractivity contribution >= 4 is 11.6 Å². The number of aryl methyl sites for hydroxylation is 1. The van der Waals surface area contributed by atoms with Crippen LogP contribution in [0.5, 0.6) is 0 Å². The Labute approximate surface area is 128 Å². The van der Waals surface area contributed by atoms with Crippen LogP contribution in [0.1, 0.15) is 41.7 Å². The van der Waals surface area contributed by atoms with Crippen molar-refractivity contribution < 1.29 is 9.72 Å². The van der Waals surface area contributed by atoms with Gasteiger partial charge < -0.3 is 10.2 Å². The van der Waals surface area contributed by atoms with Crippen molar-refractivity contribution in [1.29, 1.82) is 0 Å². The summed E-state index contributed by atoms with van der Waals surface area (Å²) < 4.78 is 0. The lowest BCUT2D eigenvalue weighted by atomic mass is 9.97. The predicted octanol–water partition coefficient (Wildman–Crippen LogP) is 1.65. The zero-order valence-corrected chi connectivity index (χ0v) is 12.8. The number of nitro groups is 1. The first kappa shape index (κ1) is 14.9. The van der Waals surface area contributed by atoms with Gasteiger partial charge in [0.05, 0.1) is 16.2 Å². The van der Waals surface area contributed by atoms with E-state index in [1.54, 1.807) is 18.9 Å². The van der Waals surface area contributed by atoms with Gasteiger partial charge in [0.15, 0.2) is 0 Å². The Morgan fingerprint density at radius 2 is 2.05 bits per heavy atom. The first-order valence-corrected chi connectivity index (χ1v) is 7.60. The van der Waals surface area contributed by atoms with E-state index in [9.17, 15) is 14.9 Å². The van der Waals surface area contributed by atoms with Crippen LogP contribution in [0.2, 0.25) is 0 Å². The molecule has 0 aromatic carbocycles. The monoisotopic (exact) mass is 304 g/mol. The molecule has 22 heavy (non-hydrogen) atoms. The molecule has 1 amide bonds. The van der Waals surface area contributed by atoms with Crippen molar-refractivity contribution in [3.63, 3.8) is 0 Å². The van der Waals surface area contributed by atoms with Crippen LogP contribution in [0.15, 0.2) is 12.3 Å². The summed E-state index contributed by atoms with van der Waals surface area (Å²) in [5.74, 6) is -0.181. The molecule has 2 saturated heterocycles. The minimum atomic E-state index is -0.520. The molecule has 3 heterocycles. The van der Waals surface area contributed by atoms with Crippen molar-refractivity contribution in [1.82, 2.24) is 15.2 Å². The van der Waals surface area contributed by atoms with E-state index in [1.807, 2.05) is 0 Å². The summed E-state index contributed by atoms with van der Waals surface area (Å²) in [5, 5.41) is 14.4. The Balaban J connectivity index is 1.81. The number of nitrogens with one attached hydrogen (secondary N) is 1. The molecular formula is C15H20N4O3. The molecule has 7 heteroatoms. The van der Waals surface area contributed by atoms with Gasteiger partial charge in [-0.05, 0) is 32.6 Å². The highest BCUT2D eigenvalue weighted by molar-refractivity contribution is 5.95. The second kappa shape index (κ2) is 5.64. The maximum atomic E-state index is 12.7. The van der Waals surface area contributed by atoms with Gasteiger partial charge in [-0.25, -0.2) is 0 Å². The molecule has 0 radical (unpaired) electrons. The summed E-state index contributed by atoms with van der Waals surface area (Å²) >= 11 is 0. The molecule has 2 unspecified atom stereocenters. The number of amides is 1. The normalized spacial score (nSPS) is 26.7. The average Bonchev–Trinajstić information content (AvgIpc) is 2.84. The molecule has 2 aliphatic heterocycles. The molecule has 0 spiro atoms. The Hall–Kier alpha value is -2.02. The molecule has 118 valence electrons. The molecule has 3 rings (SSSR count). The highest BCUT2D eigenvalue weighted by atomic mass is 16.6. The summed E-state index contributed by atoms with van der Waals surface area (Å²) in [6, 6.07) is 2.49. The number of pyridine rings is 1. The number of nitrogens with zero attached hydrogens (tertiary/aromatic N) is 3. The first-order valence-electron chi connectivity index (χ1n) is 7.60. The van der Waals surface area contributed by atoms with Crippen molar-refractivity contribution in [2.75, 3.05) is 7.05 Å². The smallest absolute Gasteiger partial charge is 0.288 e. The summed E-state index contributed by atoms with van der Waals surface area (Å²) in [7, 11) is 1.79. The number of rotatable bonds is 3. The van der Waals surface area contributed by atoms with E-state index in [-0.39, 0.29) is 17.6 Å². The van der Waals surface area contributed by atoms with Gasteiger partial charge in [-0.1, -0.05) is 0 Å². The lowest BCUT2D eigenvalue weighted by Gasteiger charge is -2.35. The van der Waals surface area contributed by atoms with Gasteiger partial charge in [-0.3, -0.25) is 19.9 Å². The van der Waals surface area contributed by atoms with E-state index < -0.39 is 4.92 Å². The van der Waals surface area contributed by atoms with Crippen molar-refractivity contribution in [3.05, 3.63) is 33.6 Å². The topological polar surface area (TPSA) is 88.4 Å². The molecule has 0 saturated carbocycles. The molecule has 2 fully saturated rings. The SMILES string of the molecule is Cc1ncc([N+](=O)[O-])cc1C(=O)N(C)C1CC2CCC(C1)N2. The number of carbonyl (C=O) groups is 1. The number of aromatic nitrogens is 1. The standard InChI is InChI=1S/C15H20N4O3/c1-9-14(7-13(8-16-9)19(21)22)15(20)18(2)12-5-10-3-4-11(6-12)17-10/h7-8,10-12,17H,3-6H2,1-2H3.